The van der Waals surface area contributed by atoms with Crippen molar-refractivity contribution in [1.82, 2.24) is 5.32 Å². The molecule has 2 atom stereocenters. The maximum Gasteiger partial charge on any atom is 0.151 e. The van der Waals surface area contributed by atoms with Gasteiger partial charge in [-0.05, 0) is 31.4 Å². The van der Waals surface area contributed by atoms with Crippen molar-refractivity contribution in [3.8, 4) is 0 Å². The summed E-state index contributed by atoms with van der Waals surface area (Å²) in [5.41, 5.74) is 2.49. The smallest absolute Gasteiger partial charge is 0.151 e. The van der Waals surface area contributed by atoms with Crippen LogP contribution >= 0.6 is 0 Å². The predicted molar refractivity (Wildman–Crippen MR) is 69.8 cm³/mol. The van der Waals surface area contributed by atoms with Crippen LogP contribution in [0.1, 0.15) is 30.5 Å². The van der Waals surface area contributed by atoms with E-state index in [1.807, 2.05) is 12.1 Å². The summed E-state index contributed by atoms with van der Waals surface area (Å²) >= 11 is 0. The SMILES string of the molecule is Cc1ccccc1C(C)NC1CCS(=O)(=O)C1. The Morgan fingerprint density at radius 2 is 2.06 bits per heavy atom. The fourth-order valence-corrected chi connectivity index (χ4v) is 4.13. The van der Waals surface area contributed by atoms with Gasteiger partial charge in [-0.2, -0.15) is 0 Å². The summed E-state index contributed by atoms with van der Waals surface area (Å²) in [5.74, 6) is 0.606. The zero-order valence-electron chi connectivity index (χ0n) is 10.3. The van der Waals surface area contributed by atoms with Crippen molar-refractivity contribution in [2.24, 2.45) is 0 Å². The Balaban J connectivity index is 2.03. The number of rotatable bonds is 3. The molecule has 0 saturated carbocycles. The highest BCUT2D eigenvalue weighted by atomic mass is 32.2. The van der Waals surface area contributed by atoms with Crippen molar-refractivity contribution in [2.45, 2.75) is 32.4 Å². The molecule has 1 heterocycles. The van der Waals surface area contributed by atoms with Crippen molar-refractivity contribution in [2.75, 3.05) is 11.5 Å². The number of benzene rings is 1. The van der Waals surface area contributed by atoms with Crippen molar-refractivity contribution < 1.29 is 8.42 Å². The fourth-order valence-electron chi connectivity index (χ4n) is 2.44. The molecular weight excluding hydrogens is 234 g/mol. The second-order valence-electron chi connectivity index (χ2n) is 4.84. The Morgan fingerprint density at radius 1 is 1.35 bits per heavy atom. The Hall–Kier alpha value is -0.870. The number of aryl methyl sites for hydroxylation is 1. The lowest BCUT2D eigenvalue weighted by molar-refractivity contribution is 0.483. The molecule has 1 aliphatic rings. The summed E-state index contributed by atoms with van der Waals surface area (Å²) < 4.78 is 22.8. The third-order valence-electron chi connectivity index (χ3n) is 3.37. The van der Waals surface area contributed by atoms with Crippen molar-refractivity contribution in [3.05, 3.63) is 35.4 Å². The molecule has 1 fully saturated rings. The average molecular weight is 253 g/mol. The van der Waals surface area contributed by atoms with Gasteiger partial charge in [0.2, 0.25) is 0 Å². The summed E-state index contributed by atoms with van der Waals surface area (Å²) in [4.78, 5) is 0. The molecule has 1 aromatic carbocycles. The lowest BCUT2D eigenvalue weighted by Gasteiger charge is -2.20. The van der Waals surface area contributed by atoms with Crippen LogP contribution in [0, 0.1) is 6.92 Å². The number of hydrogen-bond donors (Lipinski definition) is 1. The average Bonchev–Trinajstić information content (AvgIpc) is 2.58. The van der Waals surface area contributed by atoms with Gasteiger partial charge in [0.1, 0.15) is 0 Å². The number of hydrogen-bond acceptors (Lipinski definition) is 3. The molecule has 0 aromatic heterocycles. The van der Waals surface area contributed by atoms with Gasteiger partial charge in [0, 0.05) is 12.1 Å². The van der Waals surface area contributed by atoms with Gasteiger partial charge < -0.3 is 5.32 Å². The molecule has 3 nitrogen and oxygen atoms in total. The maximum atomic E-state index is 11.4. The number of sulfone groups is 1. The Kier molecular flexibility index (Phi) is 3.54. The van der Waals surface area contributed by atoms with Crippen LogP contribution in [0.15, 0.2) is 24.3 Å². The third-order valence-corrected chi connectivity index (χ3v) is 5.14. The molecule has 1 aliphatic heterocycles. The molecule has 0 spiro atoms. The largest absolute Gasteiger partial charge is 0.306 e. The van der Waals surface area contributed by atoms with Crippen LogP contribution in [0.25, 0.3) is 0 Å². The number of nitrogens with one attached hydrogen (secondary N) is 1. The topological polar surface area (TPSA) is 46.2 Å². The van der Waals surface area contributed by atoms with Crippen LogP contribution in [0.4, 0.5) is 0 Å². The van der Waals surface area contributed by atoms with Gasteiger partial charge in [-0.15, -0.1) is 0 Å². The van der Waals surface area contributed by atoms with E-state index in [9.17, 15) is 8.42 Å². The first-order valence-corrected chi connectivity index (χ1v) is 7.82. The van der Waals surface area contributed by atoms with E-state index in [1.165, 1.54) is 11.1 Å². The van der Waals surface area contributed by atoms with Gasteiger partial charge in [0.15, 0.2) is 9.84 Å². The van der Waals surface area contributed by atoms with E-state index in [2.05, 4.69) is 31.3 Å². The van der Waals surface area contributed by atoms with Crippen LogP contribution < -0.4 is 5.32 Å². The van der Waals surface area contributed by atoms with E-state index in [0.717, 1.165) is 6.42 Å². The summed E-state index contributed by atoms with van der Waals surface area (Å²) in [5, 5.41) is 3.41. The Morgan fingerprint density at radius 3 is 2.65 bits per heavy atom. The van der Waals surface area contributed by atoms with Crippen LogP contribution in [0.3, 0.4) is 0 Å². The Labute approximate surface area is 103 Å². The highest BCUT2D eigenvalue weighted by Gasteiger charge is 2.28. The van der Waals surface area contributed by atoms with Crippen LogP contribution in [-0.4, -0.2) is 26.0 Å². The highest BCUT2D eigenvalue weighted by Crippen LogP contribution is 2.20. The van der Waals surface area contributed by atoms with Gasteiger partial charge in [0.25, 0.3) is 0 Å². The van der Waals surface area contributed by atoms with E-state index in [4.69, 9.17) is 0 Å². The summed E-state index contributed by atoms with van der Waals surface area (Å²) in [7, 11) is -2.80. The van der Waals surface area contributed by atoms with Crippen molar-refractivity contribution in [1.29, 1.82) is 0 Å². The molecule has 94 valence electrons. The second kappa shape index (κ2) is 4.78. The summed E-state index contributed by atoms with van der Waals surface area (Å²) in [6.45, 7) is 4.17. The fraction of sp³-hybridized carbons (Fsp3) is 0.538. The van der Waals surface area contributed by atoms with E-state index >= 15 is 0 Å². The van der Waals surface area contributed by atoms with Crippen LogP contribution in [0.5, 0.6) is 0 Å². The van der Waals surface area contributed by atoms with E-state index in [0.29, 0.717) is 5.75 Å². The summed E-state index contributed by atoms with van der Waals surface area (Å²) in [6, 6.07) is 8.52. The monoisotopic (exact) mass is 253 g/mol. The quantitative estimate of drug-likeness (QED) is 0.894. The van der Waals surface area contributed by atoms with Crippen molar-refractivity contribution in [3.63, 3.8) is 0 Å². The molecule has 0 aliphatic carbocycles. The molecule has 0 amide bonds. The van der Waals surface area contributed by atoms with E-state index in [1.54, 1.807) is 0 Å². The standard InChI is InChI=1S/C13H19NO2S/c1-10-5-3-4-6-13(10)11(2)14-12-7-8-17(15,16)9-12/h3-6,11-12,14H,7-9H2,1-2H3. The molecule has 0 bridgehead atoms. The first-order chi connectivity index (χ1) is 7.98. The minimum absolute atomic E-state index is 0.106. The molecule has 0 radical (unpaired) electrons. The molecule has 2 unspecified atom stereocenters. The zero-order chi connectivity index (χ0) is 12.5. The molecule has 1 N–H and O–H groups in total. The summed E-state index contributed by atoms with van der Waals surface area (Å²) in [6.07, 6.45) is 0.735. The predicted octanol–water partition coefficient (Wildman–Crippen LogP) is 1.83. The highest BCUT2D eigenvalue weighted by molar-refractivity contribution is 7.91. The first-order valence-electron chi connectivity index (χ1n) is 6.00. The molecule has 2 rings (SSSR count). The van der Waals surface area contributed by atoms with Gasteiger partial charge in [-0.25, -0.2) is 8.42 Å². The maximum absolute atomic E-state index is 11.4. The van der Waals surface area contributed by atoms with Crippen molar-refractivity contribution >= 4 is 9.84 Å². The molecule has 17 heavy (non-hydrogen) atoms. The zero-order valence-corrected chi connectivity index (χ0v) is 11.1. The lowest BCUT2D eigenvalue weighted by atomic mass is 10.0. The van der Waals surface area contributed by atoms with Gasteiger partial charge in [-0.1, -0.05) is 24.3 Å². The molecule has 4 heteroatoms. The molecular formula is C13H19NO2S. The minimum atomic E-state index is -2.80. The van der Waals surface area contributed by atoms with Gasteiger partial charge in [-0.3, -0.25) is 0 Å². The Bertz CT molecular complexity index is 496. The normalized spacial score (nSPS) is 24.7. The third kappa shape index (κ3) is 3.07. The van der Waals surface area contributed by atoms with E-state index < -0.39 is 9.84 Å². The lowest BCUT2D eigenvalue weighted by Crippen LogP contribution is -2.32. The molecule has 1 saturated heterocycles. The minimum Gasteiger partial charge on any atom is -0.306 e. The van der Waals surface area contributed by atoms with Gasteiger partial charge >= 0.3 is 0 Å². The van der Waals surface area contributed by atoms with E-state index in [-0.39, 0.29) is 17.8 Å². The first kappa shape index (κ1) is 12.6. The van der Waals surface area contributed by atoms with Gasteiger partial charge in [0.05, 0.1) is 11.5 Å². The van der Waals surface area contributed by atoms with Crippen LogP contribution in [0.2, 0.25) is 0 Å². The van der Waals surface area contributed by atoms with Crippen LogP contribution in [-0.2, 0) is 9.84 Å². The second-order valence-corrected chi connectivity index (χ2v) is 7.07. The molecule has 1 aromatic rings.